The molecule has 118 valence electrons. The Hall–Kier alpha value is -1.83. The average molecular weight is 415 g/mol. The average Bonchev–Trinajstić information content (AvgIpc) is 2.49. The third kappa shape index (κ3) is 4.87. The van der Waals surface area contributed by atoms with Crippen molar-refractivity contribution in [2.24, 2.45) is 10.7 Å². The molecule has 0 bridgehead atoms. The molecule has 0 aliphatic carbocycles. The lowest BCUT2D eigenvalue weighted by molar-refractivity contribution is 0.417. The highest BCUT2D eigenvalue weighted by Gasteiger charge is 2.03. The van der Waals surface area contributed by atoms with Crippen molar-refractivity contribution in [3.8, 4) is 5.75 Å². The zero-order valence-corrected chi connectivity index (χ0v) is 14.8. The van der Waals surface area contributed by atoms with Gasteiger partial charge in [0.05, 0.1) is 19.3 Å². The van der Waals surface area contributed by atoms with Crippen molar-refractivity contribution in [3.05, 3.63) is 59.4 Å². The van der Waals surface area contributed by atoms with Gasteiger partial charge in [0.25, 0.3) is 0 Å². The minimum absolute atomic E-state index is 0. The Morgan fingerprint density at radius 3 is 2.68 bits per heavy atom. The Balaban J connectivity index is 0.00000242. The number of methoxy groups -OCH3 is 1. The quantitative estimate of drug-likeness (QED) is 0.455. The number of hydrogen-bond donors (Lipinski definition) is 2. The smallest absolute Gasteiger partial charge is 0.193 e. The zero-order valence-electron chi connectivity index (χ0n) is 12.5. The zero-order chi connectivity index (χ0) is 15.2. The van der Waals surface area contributed by atoms with Gasteiger partial charge in [-0.05, 0) is 36.2 Å². The lowest BCUT2D eigenvalue weighted by Gasteiger charge is -2.10. The minimum atomic E-state index is -0.220. The van der Waals surface area contributed by atoms with Crippen LogP contribution in [0.4, 0.5) is 10.1 Å². The van der Waals surface area contributed by atoms with Crippen LogP contribution >= 0.6 is 24.0 Å². The van der Waals surface area contributed by atoms with E-state index in [0.717, 1.165) is 11.3 Å². The molecule has 0 aliphatic rings. The molecule has 0 fully saturated rings. The number of nitrogens with one attached hydrogen (secondary N) is 1. The van der Waals surface area contributed by atoms with Gasteiger partial charge in [0.15, 0.2) is 5.96 Å². The molecule has 0 heterocycles. The first-order valence-corrected chi connectivity index (χ1v) is 6.55. The van der Waals surface area contributed by atoms with Crippen LogP contribution in [0.2, 0.25) is 0 Å². The van der Waals surface area contributed by atoms with Crippen molar-refractivity contribution in [3.63, 3.8) is 0 Å². The monoisotopic (exact) mass is 415 g/mol. The van der Waals surface area contributed by atoms with E-state index in [1.165, 1.54) is 6.07 Å². The van der Waals surface area contributed by atoms with Crippen molar-refractivity contribution in [1.29, 1.82) is 0 Å². The number of anilines is 1. The maximum absolute atomic E-state index is 13.2. The second kappa shape index (κ2) is 8.57. The lowest BCUT2D eigenvalue weighted by Crippen LogP contribution is -2.22. The molecule has 6 heteroatoms. The van der Waals surface area contributed by atoms with Crippen molar-refractivity contribution in [2.45, 2.75) is 13.5 Å². The Kier molecular flexibility index (Phi) is 7.10. The third-order valence-corrected chi connectivity index (χ3v) is 3.02. The maximum atomic E-state index is 13.2. The largest absolute Gasteiger partial charge is 0.495 e. The summed E-state index contributed by atoms with van der Waals surface area (Å²) in [6, 6.07) is 12.3. The van der Waals surface area contributed by atoms with Gasteiger partial charge in [-0.25, -0.2) is 9.38 Å². The first-order valence-electron chi connectivity index (χ1n) is 6.55. The van der Waals surface area contributed by atoms with Gasteiger partial charge in [0, 0.05) is 0 Å². The number of nitrogens with two attached hydrogens (primary N) is 1. The number of guanidine groups is 1. The molecule has 0 aromatic heterocycles. The summed E-state index contributed by atoms with van der Waals surface area (Å²) in [5.74, 6) is 0.748. The standard InChI is InChI=1S/C16H18FN3O.HI/c1-11-9-12(7-8-13(11)17)10-19-16(18)20-14-5-3-4-6-15(14)21-2;/h3-9H,10H2,1-2H3,(H3,18,19,20);1H. The summed E-state index contributed by atoms with van der Waals surface area (Å²) in [5.41, 5.74) is 8.10. The number of halogens is 2. The van der Waals surface area contributed by atoms with Crippen molar-refractivity contribution < 1.29 is 9.13 Å². The number of ether oxygens (including phenoxy) is 1. The normalized spacial score (nSPS) is 10.8. The van der Waals surface area contributed by atoms with Crippen LogP contribution in [0.1, 0.15) is 11.1 Å². The number of aliphatic imine (C=N–C) groups is 1. The second-order valence-corrected chi connectivity index (χ2v) is 4.61. The van der Waals surface area contributed by atoms with E-state index in [4.69, 9.17) is 10.5 Å². The van der Waals surface area contributed by atoms with Crippen LogP contribution in [0.5, 0.6) is 5.75 Å². The van der Waals surface area contributed by atoms with Gasteiger partial charge in [-0.15, -0.1) is 24.0 Å². The predicted molar refractivity (Wildman–Crippen MR) is 98.5 cm³/mol. The SMILES string of the molecule is COc1ccccc1NC(N)=NCc1ccc(F)c(C)c1.I. The Morgan fingerprint density at radius 1 is 1.27 bits per heavy atom. The molecule has 0 saturated heterocycles. The highest BCUT2D eigenvalue weighted by Crippen LogP contribution is 2.22. The van der Waals surface area contributed by atoms with Gasteiger partial charge in [-0.3, -0.25) is 0 Å². The molecule has 4 nitrogen and oxygen atoms in total. The first kappa shape index (κ1) is 18.2. The Bertz CT molecular complexity index is 662. The number of hydrogen-bond acceptors (Lipinski definition) is 2. The van der Waals surface area contributed by atoms with Crippen molar-refractivity contribution in [2.75, 3.05) is 12.4 Å². The van der Waals surface area contributed by atoms with Crippen LogP contribution in [-0.2, 0) is 6.54 Å². The Morgan fingerprint density at radius 2 is 2.00 bits per heavy atom. The van der Waals surface area contributed by atoms with Crippen LogP contribution < -0.4 is 15.8 Å². The van der Waals surface area contributed by atoms with Crippen LogP contribution in [0.15, 0.2) is 47.5 Å². The molecule has 3 N–H and O–H groups in total. The number of aryl methyl sites for hydroxylation is 1. The molecule has 2 aromatic carbocycles. The van der Waals surface area contributed by atoms with Gasteiger partial charge >= 0.3 is 0 Å². The predicted octanol–water partition coefficient (Wildman–Crippen LogP) is 3.69. The third-order valence-electron chi connectivity index (χ3n) is 3.02. The molecule has 0 aliphatic heterocycles. The highest BCUT2D eigenvalue weighted by molar-refractivity contribution is 14.0. The minimum Gasteiger partial charge on any atom is -0.495 e. The van der Waals surface area contributed by atoms with Crippen LogP contribution in [0, 0.1) is 12.7 Å². The number of para-hydroxylation sites is 2. The van der Waals surface area contributed by atoms with E-state index in [0.29, 0.717) is 17.9 Å². The molecule has 0 spiro atoms. The van der Waals surface area contributed by atoms with Crippen LogP contribution in [-0.4, -0.2) is 13.1 Å². The number of rotatable bonds is 4. The molecule has 0 saturated carbocycles. The molecule has 2 aromatic rings. The number of nitrogens with zero attached hydrogens (tertiary/aromatic N) is 1. The summed E-state index contributed by atoms with van der Waals surface area (Å²) in [4.78, 5) is 4.24. The molecule has 0 amide bonds. The summed E-state index contributed by atoms with van der Waals surface area (Å²) in [5, 5.41) is 2.99. The van der Waals surface area contributed by atoms with Crippen molar-refractivity contribution in [1.82, 2.24) is 0 Å². The second-order valence-electron chi connectivity index (χ2n) is 4.61. The molecule has 0 unspecified atom stereocenters. The van der Waals surface area contributed by atoms with E-state index < -0.39 is 0 Å². The van der Waals surface area contributed by atoms with Gasteiger partial charge in [-0.2, -0.15) is 0 Å². The molecular weight excluding hydrogens is 396 g/mol. The molecule has 2 rings (SSSR count). The van der Waals surface area contributed by atoms with Crippen LogP contribution in [0.3, 0.4) is 0 Å². The van der Waals surface area contributed by atoms with Gasteiger partial charge in [0.2, 0.25) is 0 Å². The van der Waals surface area contributed by atoms with Crippen molar-refractivity contribution >= 4 is 35.6 Å². The van der Waals surface area contributed by atoms with Crippen LogP contribution in [0.25, 0.3) is 0 Å². The van der Waals surface area contributed by atoms with Gasteiger partial charge in [0.1, 0.15) is 11.6 Å². The van der Waals surface area contributed by atoms with Gasteiger partial charge < -0.3 is 15.8 Å². The van der Waals surface area contributed by atoms with Gasteiger partial charge in [-0.1, -0.05) is 24.3 Å². The number of benzene rings is 2. The van der Waals surface area contributed by atoms with E-state index in [2.05, 4.69) is 10.3 Å². The fraction of sp³-hybridized carbons (Fsp3) is 0.188. The summed E-state index contributed by atoms with van der Waals surface area (Å²) in [7, 11) is 1.59. The van der Waals surface area contributed by atoms with E-state index in [-0.39, 0.29) is 35.8 Å². The summed E-state index contributed by atoms with van der Waals surface area (Å²) in [6.45, 7) is 2.11. The molecule has 22 heavy (non-hydrogen) atoms. The van der Waals surface area contributed by atoms with E-state index in [1.54, 1.807) is 26.2 Å². The summed E-state index contributed by atoms with van der Waals surface area (Å²) < 4.78 is 18.4. The summed E-state index contributed by atoms with van der Waals surface area (Å²) in [6.07, 6.45) is 0. The fourth-order valence-electron chi connectivity index (χ4n) is 1.91. The summed E-state index contributed by atoms with van der Waals surface area (Å²) >= 11 is 0. The Labute approximate surface area is 146 Å². The highest BCUT2D eigenvalue weighted by atomic mass is 127. The molecule has 0 radical (unpaired) electrons. The fourth-order valence-corrected chi connectivity index (χ4v) is 1.91. The lowest BCUT2D eigenvalue weighted by atomic mass is 10.1. The van der Waals surface area contributed by atoms with E-state index in [9.17, 15) is 4.39 Å². The van der Waals surface area contributed by atoms with E-state index >= 15 is 0 Å². The van der Waals surface area contributed by atoms with E-state index in [1.807, 2.05) is 24.3 Å². The maximum Gasteiger partial charge on any atom is 0.193 e. The first-order chi connectivity index (χ1) is 10.1. The molecule has 0 atom stereocenters. The topological polar surface area (TPSA) is 59.6 Å². The molecular formula is C16H19FIN3O.